The van der Waals surface area contributed by atoms with Crippen LogP contribution in [0.5, 0.6) is 11.5 Å². The third kappa shape index (κ3) is 4.34. The quantitative estimate of drug-likeness (QED) is 0.722. The van der Waals surface area contributed by atoms with E-state index in [0.717, 1.165) is 24.2 Å². The van der Waals surface area contributed by atoms with Crippen LogP contribution in [-0.4, -0.2) is 44.9 Å². The molecule has 1 N–H and O–H groups in total. The van der Waals surface area contributed by atoms with Crippen molar-refractivity contribution >= 4 is 15.9 Å². The fraction of sp³-hybridized carbons (Fsp3) is 0.458. The number of hydrogen-bond acceptors (Lipinski definition) is 5. The average Bonchev–Trinajstić information content (AvgIpc) is 3.68. The van der Waals surface area contributed by atoms with Crippen molar-refractivity contribution in [2.45, 2.75) is 36.6 Å². The SMILES string of the molecule is O=C(NC(c1ccc2c(c1)OCCO2)C1CC1)C1CCCN(S(=O)(=O)c2ccccc2)C1. The lowest BCUT2D eigenvalue weighted by molar-refractivity contribution is -0.127. The summed E-state index contributed by atoms with van der Waals surface area (Å²) in [7, 11) is -3.60. The molecule has 0 spiro atoms. The van der Waals surface area contributed by atoms with E-state index in [-0.39, 0.29) is 29.3 Å². The molecule has 2 aromatic carbocycles. The topological polar surface area (TPSA) is 84.9 Å². The zero-order chi connectivity index (χ0) is 22.1. The van der Waals surface area contributed by atoms with Crippen molar-refractivity contribution in [2.75, 3.05) is 26.3 Å². The second-order valence-corrected chi connectivity index (χ2v) is 10.7. The Morgan fingerprint density at radius 2 is 1.75 bits per heavy atom. The Morgan fingerprint density at radius 1 is 1.00 bits per heavy atom. The number of sulfonamides is 1. The summed E-state index contributed by atoms with van der Waals surface area (Å²) in [5.41, 5.74) is 1.01. The van der Waals surface area contributed by atoms with Crippen molar-refractivity contribution in [3.05, 3.63) is 54.1 Å². The number of fused-ring (bicyclic) bond motifs is 1. The lowest BCUT2D eigenvalue weighted by atomic mass is 9.96. The fourth-order valence-electron chi connectivity index (χ4n) is 4.54. The molecule has 0 bridgehead atoms. The highest BCUT2D eigenvalue weighted by Gasteiger charge is 2.38. The first-order chi connectivity index (χ1) is 15.5. The molecule has 0 aromatic heterocycles. The number of nitrogens with one attached hydrogen (secondary N) is 1. The normalized spacial score (nSPS) is 22.2. The molecule has 3 aliphatic rings. The van der Waals surface area contributed by atoms with Crippen molar-refractivity contribution in [3.63, 3.8) is 0 Å². The Labute approximate surface area is 188 Å². The van der Waals surface area contributed by atoms with E-state index in [0.29, 0.717) is 44.3 Å². The largest absolute Gasteiger partial charge is 0.486 e. The Morgan fingerprint density at radius 3 is 2.50 bits per heavy atom. The van der Waals surface area contributed by atoms with Gasteiger partial charge in [0.05, 0.1) is 16.9 Å². The van der Waals surface area contributed by atoms with Crippen molar-refractivity contribution in [2.24, 2.45) is 11.8 Å². The number of rotatable bonds is 6. The number of ether oxygens (including phenoxy) is 2. The summed E-state index contributed by atoms with van der Waals surface area (Å²) < 4.78 is 38.8. The van der Waals surface area contributed by atoms with Crippen LogP contribution in [0.2, 0.25) is 0 Å². The molecule has 1 aliphatic carbocycles. The number of hydrogen-bond donors (Lipinski definition) is 1. The molecule has 7 nitrogen and oxygen atoms in total. The van der Waals surface area contributed by atoms with E-state index >= 15 is 0 Å². The second-order valence-electron chi connectivity index (χ2n) is 8.74. The molecule has 5 rings (SSSR count). The highest BCUT2D eigenvalue weighted by Crippen LogP contribution is 2.43. The molecule has 2 heterocycles. The van der Waals surface area contributed by atoms with Gasteiger partial charge in [-0.15, -0.1) is 0 Å². The van der Waals surface area contributed by atoms with Crippen molar-refractivity contribution in [3.8, 4) is 11.5 Å². The summed E-state index contributed by atoms with van der Waals surface area (Å²) in [6.07, 6.45) is 3.49. The smallest absolute Gasteiger partial charge is 0.243 e. The van der Waals surface area contributed by atoms with Crippen LogP contribution >= 0.6 is 0 Å². The molecule has 0 radical (unpaired) electrons. The molecule has 2 unspecified atom stereocenters. The zero-order valence-electron chi connectivity index (χ0n) is 17.9. The Kier molecular flexibility index (Phi) is 5.82. The number of carbonyl (C=O) groups excluding carboxylic acids is 1. The first kappa shape index (κ1) is 21.3. The van der Waals surface area contributed by atoms with Crippen LogP contribution < -0.4 is 14.8 Å². The van der Waals surface area contributed by atoms with Gasteiger partial charge < -0.3 is 14.8 Å². The third-order valence-corrected chi connectivity index (χ3v) is 8.33. The average molecular weight is 457 g/mol. The third-order valence-electron chi connectivity index (χ3n) is 6.45. The predicted molar refractivity (Wildman–Crippen MR) is 119 cm³/mol. The highest BCUT2D eigenvalue weighted by atomic mass is 32.2. The summed E-state index contributed by atoms with van der Waals surface area (Å²) in [6, 6.07) is 14.2. The van der Waals surface area contributed by atoms with Gasteiger partial charge in [-0.1, -0.05) is 24.3 Å². The summed E-state index contributed by atoms with van der Waals surface area (Å²) in [5.74, 6) is 1.40. The van der Waals surface area contributed by atoms with Crippen LogP contribution in [-0.2, 0) is 14.8 Å². The van der Waals surface area contributed by atoms with Gasteiger partial charge in [-0.3, -0.25) is 4.79 Å². The number of amides is 1. The van der Waals surface area contributed by atoms with Crippen LogP contribution in [0.4, 0.5) is 0 Å². The van der Waals surface area contributed by atoms with Crippen LogP contribution in [0.3, 0.4) is 0 Å². The molecular weight excluding hydrogens is 428 g/mol. The van der Waals surface area contributed by atoms with Crippen LogP contribution in [0, 0.1) is 11.8 Å². The van der Waals surface area contributed by atoms with Gasteiger partial charge in [0.2, 0.25) is 15.9 Å². The summed E-state index contributed by atoms with van der Waals surface area (Å²) in [4.78, 5) is 13.5. The molecule has 32 heavy (non-hydrogen) atoms. The number of nitrogens with zero attached hydrogens (tertiary/aromatic N) is 1. The van der Waals surface area contributed by atoms with Gasteiger partial charge in [-0.25, -0.2) is 8.42 Å². The van der Waals surface area contributed by atoms with Gasteiger partial charge in [0.1, 0.15) is 13.2 Å². The standard InChI is InChI=1S/C24H28N2O5S/c27-24(19-5-4-12-26(16-19)32(28,29)20-6-2-1-3-7-20)25-23(17-8-9-17)18-10-11-21-22(15-18)31-14-13-30-21/h1-3,6-7,10-11,15,17,19,23H,4-5,8-9,12-14,16H2,(H,25,27). The van der Waals surface area contributed by atoms with E-state index in [9.17, 15) is 13.2 Å². The molecule has 1 amide bonds. The number of piperidine rings is 1. The van der Waals surface area contributed by atoms with Gasteiger partial charge in [0.15, 0.2) is 11.5 Å². The summed E-state index contributed by atoms with van der Waals surface area (Å²) in [6.45, 7) is 1.71. The van der Waals surface area contributed by atoms with Crippen LogP contribution in [0.1, 0.15) is 37.3 Å². The molecule has 2 atom stereocenters. The van der Waals surface area contributed by atoms with E-state index in [1.54, 1.807) is 30.3 Å². The van der Waals surface area contributed by atoms with Crippen molar-refractivity contribution in [1.82, 2.24) is 9.62 Å². The van der Waals surface area contributed by atoms with Gasteiger partial charge in [-0.05, 0) is 61.4 Å². The Balaban J connectivity index is 1.30. The molecule has 2 aromatic rings. The molecule has 1 saturated heterocycles. The molecule has 2 fully saturated rings. The monoisotopic (exact) mass is 456 g/mol. The Bertz CT molecular complexity index is 1080. The minimum Gasteiger partial charge on any atom is -0.486 e. The van der Waals surface area contributed by atoms with Crippen LogP contribution in [0.25, 0.3) is 0 Å². The molecule has 1 saturated carbocycles. The molecule has 8 heteroatoms. The molecular formula is C24H28N2O5S. The van der Waals surface area contributed by atoms with E-state index in [2.05, 4.69) is 5.32 Å². The minimum atomic E-state index is -3.60. The number of carbonyl (C=O) groups is 1. The minimum absolute atomic E-state index is 0.0789. The van der Waals surface area contributed by atoms with Gasteiger partial charge in [0, 0.05) is 13.1 Å². The Hall–Kier alpha value is -2.58. The van der Waals surface area contributed by atoms with E-state index in [1.807, 2.05) is 18.2 Å². The summed E-state index contributed by atoms with van der Waals surface area (Å²) >= 11 is 0. The molecule has 2 aliphatic heterocycles. The van der Waals surface area contributed by atoms with Crippen molar-refractivity contribution < 1.29 is 22.7 Å². The maximum atomic E-state index is 13.2. The van der Waals surface area contributed by atoms with Gasteiger partial charge >= 0.3 is 0 Å². The second kappa shape index (κ2) is 8.75. The van der Waals surface area contributed by atoms with Gasteiger partial charge in [-0.2, -0.15) is 4.31 Å². The van der Waals surface area contributed by atoms with Crippen molar-refractivity contribution in [1.29, 1.82) is 0 Å². The first-order valence-electron chi connectivity index (χ1n) is 11.3. The zero-order valence-corrected chi connectivity index (χ0v) is 18.7. The fourth-order valence-corrected chi connectivity index (χ4v) is 6.09. The first-order valence-corrected chi connectivity index (χ1v) is 12.7. The number of benzene rings is 2. The molecule has 170 valence electrons. The lowest BCUT2D eigenvalue weighted by Gasteiger charge is -2.32. The van der Waals surface area contributed by atoms with E-state index < -0.39 is 10.0 Å². The van der Waals surface area contributed by atoms with Gasteiger partial charge in [0.25, 0.3) is 0 Å². The highest BCUT2D eigenvalue weighted by molar-refractivity contribution is 7.89. The predicted octanol–water partition coefficient (Wildman–Crippen LogP) is 3.13. The van der Waals surface area contributed by atoms with Crippen LogP contribution in [0.15, 0.2) is 53.4 Å². The van der Waals surface area contributed by atoms with E-state index in [4.69, 9.17) is 9.47 Å². The maximum Gasteiger partial charge on any atom is 0.243 e. The maximum absolute atomic E-state index is 13.2. The van der Waals surface area contributed by atoms with E-state index in [1.165, 1.54) is 4.31 Å². The lowest BCUT2D eigenvalue weighted by Crippen LogP contribution is -2.46. The summed E-state index contributed by atoms with van der Waals surface area (Å²) in [5, 5.41) is 3.23.